The van der Waals surface area contributed by atoms with Gasteiger partial charge in [0, 0.05) is 24.7 Å². The molecule has 9 nitrogen and oxygen atoms in total. The van der Waals surface area contributed by atoms with Gasteiger partial charge in [-0.2, -0.15) is 0 Å². The lowest BCUT2D eigenvalue weighted by molar-refractivity contribution is -0.140. The normalized spacial score (nSPS) is 13.6. The molecule has 0 spiro atoms. The van der Waals surface area contributed by atoms with Gasteiger partial charge >= 0.3 is 0 Å². The number of likely N-dealkylation sites (N-methyl/N-ethyl adjacent to an activating group) is 1. The number of amides is 2. The summed E-state index contributed by atoms with van der Waals surface area (Å²) in [5.74, 6) is -0.137. The maximum atomic E-state index is 13.6. The second kappa shape index (κ2) is 11.6. The third kappa shape index (κ3) is 6.37. The van der Waals surface area contributed by atoms with Crippen LogP contribution in [-0.4, -0.2) is 63.7 Å². The number of ether oxygens (including phenoxy) is 2. The van der Waals surface area contributed by atoms with E-state index >= 15 is 0 Å². The molecule has 0 unspecified atom stereocenters. The molecule has 190 valence electrons. The highest BCUT2D eigenvalue weighted by Crippen LogP contribution is 2.35. The van der Waals surface area contributed by atoms with Crippen molar-refractivity contribution < 1.29 is 27.5 Å². The van der Waals surface area contributed by atoms with Crippen LogP contribution in [0.3, 0.4) is 0 Å². The Morgan fingerprint density at radius 1 is 1.06 bits per heavy atom. The minimum Gasteiger partial charge on any atom is -0.486 e. The molecule has 0 saturated carbocycles. The number of halogens is 1. The Hall–Kier alpha value is -2.98. The molecule has 2 aromatic rings. The van der Waals surface area contributed by atoms with Crippen molar-refractivity contribution in [1.29, 1.82) is 0 Å². The number of rotatable bonds is 10. The summed E-state index contributed by atoms with van der Waals surface area (Å²) in [5.41, 5.74) is 1.04. The summed E-state index contributed by atoms with van der Waals surface area (Å²) in [4.78, 5) is 27.6. The van der Waals surface area contributed by atoms with E-state index in [0.29, 0.717) is 36.2 Å². The zero-order valence-corrected chi connectivity index (χ0v) is 21.6. The van der Waals surface area contributed by atoms with Crippen LogP contribution in [0.5, 0.6) is 11.5 Å². The van der Waals surface area contributed by atoms with Crippen molar-refractivity contribution in [1.82, 2.24) is 10.2 Å². The second-order valence-corrected chi connectivity index (χ2v) is 10.5. The van der Waals surface area contributed by atoms with E-state index < -0.39 is 28.5 Å². The highest BCUT2D eigenvalue weighted by atomic mass is 35.5. The van der Waals surface area contributed by atoms with Crippen LogP contribution in [0.15, 0.2) is 42.5 Å². The van der Waals surface area contributed by atoms with E-state index in [1.807, 2.05) is 0 Å². The predicted molar refractivity (Wildman–Crippen MR) is 134 cm³/mol. The van der Waals surface area contributed by atoms with Crippen LogP contribution < -0.4 is 19.1 Å². The number of hydrogen-bond donors (Lipinski definition) is 1. The molecular weight excluding hydrogens is 494 g/mol. The van der Waals surface area contributed by atoms with Gasteiger partial charge in [0.25, 0.3) is 0 Å². The SMILES string of the molecule is CC[C@@H](C(=O)NC)N(Cc1ccc(Cl)cc1)C(=O)CN(c1ccc2c(c1)OCCO2)S(=O)(=O)CC. The lowest BCUT2D eigenvalue weighted by atomic mass is 10.1. The molecule has 35 heavy (non-hydrogen) atoms. The van der Waals surface area contributed by atoms with E-state index in [9.17, 15) is 18.0 Å². The Bertz CT molecular complexity index is 1160. The number of carbonyl (C=O) groups excluding carboxylic acids is 2. The van der Waals surface area contributed by atoms with Crippen LogP contribution in [0, 0.1) is 0 Å². The lowest BCUT2D eigenvalue weighted by Crippen LogP contribution is -2.52. The van der Waals surface area contributed by atoms with Gasteiger partial charge in [0.05, 0.1) is 11.4 Å². The van der Waals surface area contributed by atoms with Crippen LogP contribution in [0.1, 0.15) is 25.8 Å². The summed E-state index contributed by atoms with van der Waals surface area (Å²) in [7, 11) is -2.33. The number of nitrogens with one attached hydrogen (secondary N) is 1. The summed E-state index contributed by atoms with van der Waals surface area (Å²) >= 11 is 5.99. The fourth-order valence-corrected chi connectivity index (χ4v) is 4.96. The molecule has 0 bridgehead atoms. The van der Waals surface area contributed by atoms with E-state index in [0.717, 1.165) is 9.87 Å². The molecule has 1 aliphatic rings. The molecule has 2 aromatic carbocycles. The molecule has 2 amide bonds. The smallest absolute Gasteiger partial charge is 0.244 e. The molecule has 0 aliphatic carbocycles. The molecule has 0 fully saturated rings. The van der Waals surface area contributed by atoms with Gasteiger partial charge in [-0.1, -0.05) is 30.7 Å². The Morgan fingerprint density at radius 3 is 2.31 bits per heavy atom. The molecule has 0 radical (unpaired) electrons. The summed E-state index contributed by atoms with van der Waals surface area (Å²) in [6, 6.07) is 10.9. The van der Waals surface area contributed by atoms with Gasteiger partial charge in [0.15, 0.2) is 11.5 Å². The number of carbonyl (C=O) groups is 2. The van der Waals surface area contributed by atoms with E-state index in [1.54, 1.807) is 49.4 Å². The third-order valence-electron chi connectivity index (χ3n) is 5.69. The van der Waals surface area contributed by atoms with E-state index in [2.05, 4.69) is 5.32 Å². The Balaban J connectivity index is 1.97. The summed E-state index contributed by atoms with van der Waals surface area (Å²) in [6.07, 6.45) is 0.351. The Kier molecular flexibility index (Phi) is 8.85. The van der Waals surface area contributed by atoms with Crippen molar-refractivity contribution in [3.05, 3.63) is 53.1 Å². The second-order valence-electron chi connectivity index (χ2n) is 7.92. The monoisotopic (exact) mass is 523 g/mol. The first kappa shape index (κ1) is 26.6. The maximum absolute atomic E-state index is 13.6. The largest absolute Gasteiger partial charge is 0.486 e. The minimum absolute atomic E-state index is 0.114. The third-order valence-corrected chi connectivity index (χ3v) is 7.68. The van der Waals surface area contributed by atoms with E-state index in [1.165, 1.54) is 18.9 Å². The number of anilines is 1. The number of nitrogens with zero attached hydrogens (tertiary/aromatic N) is 2. The van der Waals surface area contributed by atoms with Crippen molar-refractivity contribution in [2.75, 3.05) is 36.9 Å². The number of sulfonamides is 1. The number of benzene rings is 2. The molecular formula is C24H30ClN3O6S. The topological polar surface area (TPSA) is 105 Å². The molecule has 3 rings (SSSR count). The van der Waals surface area contributed by atoms with Crippen molar-refractivity contribution >= 4 is 39.1 Å². The number of fused-ring (bicyclic) bond motifs is 1. The van der Waals surface area contributed by atoms with Gasteiger partial charge in [-0.05, 0) is 43.2 Å². The van der Waals surface area contributed by atoms with Crippen LogP contribution in [0.25, 0.3) is 0 Å². The first-order chi connectivity index (χ1) is 16.7. The highest BCUT2D eigenvalue weighted by Gasteiger charge is 2.32. The zero-order valence-electron chi connectivity index (χ0n) is 20.0. The standard InChI is InChI=1S/C24H30ClN3O6S/c1-4-20(24(30)26-3)27(15-17-6-8-18(25)9-7-17)23(29)16-28(35(31,32)5-2)19-10-11-21-22(14-19)34-13-12-33-21/h6-11,14,20H,4-5,12-13,15-16H2,1-3H3,(H,26,30)/t20-/m0/s1. The summed E-state index contributed by atoms with van der Waals surface area (Å²) < 4.78 is 38.3. The predicted octanol–water partition coefficient (Wildman–Crippen LogP) is 2.82. The Morgan fingerprint density at radius 2 is 1.71 bits per heavy atom. The summed E-state index contributed by atoms with van der Waals surface area (Å²) in [6.45, 7) is 3.69. The first-order valence-electron chi connectivity index (χ1n) is 11.4. The molecule has 1 aliphatic heterocycles. The fraction of sp³-hybridized carbons (Fsp3) is 0.417. The van der Waals surface area contributed by atoms with Gasteiger partial charge in [-0.3, -0.25) is 13.9 Å². The fourth-order valence-electron chi connectivity index (χ4n) is 3.78. The molecule has 1 heterocycles. The van der Waals surface area contributed by atoms with Gasteiger partial charge < -0.3 is 19.7 Å². The average molecular weight is 524 g/mol. The van der Waals surface area contributed by atoms with Crippen LogP contribution in [-0.2, 0) is 26.2 Å². The maximum Gasteiger partial charge on any atom is 0.244 e. The molecule has 1 N–H and O–H groups in total. The first-order valence-corrected chi connectivity index (χ1v) is 13.3. The van der Waals surface area contributed by atoms with Crippen molar-refractivity contribution in [3.8, 4) is 11.5 Å². The average Bonchev–Trinajstić information content (AvgIpc) is 2.87. The molecule has 1 atom stereocenters. The van der Waals surface area contributed by atoms with Crippen LogP contribution in [0.2, 0.25) is 5.02 Å². The van der Waals surface area contributed by atoms with Gasteiger partial charge in [0.2, 0.25) is 21.8 Å². The lowest BCUT2D eigenvalue weighted by Gasteiger charge is -2.33. The van der Waals surface area contributed by atoms with Crippen molar-refractivity contribution in [2.24, 2.45) is 0 Å². The molecule has 0 saturated heterocycles. The summed E-state index contributed by atoms with van der Waals surface area (Å²) in [5, 5.41) is 3.14. The molecule has 0 aromatic heterocycles. The van der Waals surface area contributed by atoms with Crippen LogP contribution >= 0.6 is 11.6 Å². The Labute approximate surface area is 211 Å². The zero-order chi connectivity index (χ0) is 25.6. The highest BCUT2D eigenvalue weighted by molar-refractivity contribution is 7.92. The van der Waals surface area contributed by atoms with Crippen molar-refractivity contribution in [3.63, 3.8) is 0 Å². The van der Waals surface area contributed by atoms with Crippen molar-refractivity contribution in [2.45, 2.75) is 32.9 Å². The van der Waals surface area contributed by atoms with E-state index in [-0.39, 0.29) is 23.9 Å². The van der Waals surface area contributed by atoms with Gasteiger partial charge in [-0.15, -0.1) is 0 Å². The molecule has 11 heteroatoms. The van der Waals surface area contributed by atoms with E-state index in [4.69, 9.17) is 21.1 Å². The minimum atomic E-state index is -3.83. The quantitative estimate of drug-likeness (QED) is 0.513. The van der Waals surface area contributed by atoms with Gasteiger partial charge in [0.1, 0.15) is 25.8 Å². The number of hydrogen-bond acceptors (Lipinski definition) is 6. The van der Waals surface area contributed by atoms with Crippen LogP contribution in [0.4, 0.5) is 5.69 Å². The van der Waals surface area contributed by atoms with Gasteiger partial charge in [-0.25, -0.2) is 8.42 Å².